The summed E-state index contributed by atoms with van der Waals surface area (Å²) in [4.78, 5) is 0. The Morgan fingerprint density at radius 3 is 2.87 bits per heavy atom. The molecular weight excluding hydrogens is 213 g/mol. The predicted molar refractivity (Wildman–Crippen MR) is 60.4 cm³/mol. The number of benzene rings is 1. The van der Waals surface area contributed by atoms with Crippen LogP contribution in [0, 0.1) is 11.7 Å². The summed E-state index contributed by atoms with van der Waals surface area (Å²) < 4.78 is 13.0. The zero-order valence-electron chi connectivity index (χ0n) is 8.55. The van der Waals surface area contributed by atoms with Crippen LogP contribution in [0.1, 0.15) is 24.8 Å². The van der Waals surface area contributed by atoms with Gasteiger partial charge in [0.05, 0.1) is 0 Å². The lowest BCUT2D eigenvalue weighted by Crippen LogP contribution is -2.15. The van der Waals surface area contributed by atoms with Crippen molar-refractivity contribution >= 4 is 11.6 Å². The molecule has 15 heavy (non-hydrogen) atoms. The van der Waals surface area contributed by atoms with E-state index in [0.717, 1.165) is 31.2 Å². The van der Waals surface area contributed by atoms with Crippen molar-refractivity contribution in [1.82, 2.24) is 0 Å². The highest BCUT2D eigenvalue weighted by molar-refractivity contribution is 6.31. The second-order valence-corrected chi connectivity index (χ2v) is 4.79. The van der Waals surface area contributed by atoms with Gasteiger partial charge >= 0.3 is 0 Å². The molecular formula is C12H15ClFN. The molecule has 0 radical (unpaired) electrons. The van der Waals surface area contributed by atoms with E-state index < -0.39 is 0 Å². The van der Waals surface area contributed by atoms with Crippen LogP contribution in [0.3, 0.4) is 0 Å². The molecule has 0 aromatic heterocycles. The van der Waals surface area contributed by atoms with Gasteiger partial charge < -0.3 is 5.73 Å². The fraction of sp³-hybridized carbons (Fsp3) is 0.500. The van der Waals surface area contributed by atoms with Gasteiger partial charge in [0.2, 0.25) is 0 Å². The average Bonchev–Trinajstić information content (AvgIpc) is 2.58. The molecule has 2 rings (SSSR count). The van der Waals surface area contributed by atoms with Crippen molar-refractivity contribution in [1.29, 1.82) is 0 Å². The summed E-state index contributed by atoms with van der Waals surface area (Å²) in [5.41, 5.74) is 6.75. The van der Waals surface area contributed by atoms with Gasteiger partial charge in [-0.3, -0.25) is 0 Å². The van der Waals surface area contributed by atoms with Crippen molar-refractivity contribution in [2.24, 2.45) is 11.7 Å². The van der Waals surface area contributed by atoms with E-state index in [1.807, 2.05) is 0 Å². The van der Waals surface area contributed by atoms with Crippen LogP contribution >= 0.6 is 11.6 Å². The summed E-state index contributed by atoms with van der Waals surface area (Å²) in [6.45, 7) is 0. The van der Waals surface area contributed by atoms with E-state index in [9.17, 15) is 4.39 Å². The highest BCUT2D eigenvalue weighted by Gasteiger charge is 2.22. The van der Waals surface area contributed by atoms with Crippen LogP contribution in [0.25, 0.3) is 0 Å². The minimum absolute atomic E-state index is 0.211. The van der Waals surface area contributed by atoms with Crippen molar-refractivity contribution in [3.63, 3.8) is 0 Å². The monoisotopic (exact) mass is 227 g/mol. The number of nitrogens with two attached hydrogens (primary N) is 1. The maximum atomic E-state index is 13.0. The number of rotatable bonds is 2. The van der Waals surface area contributed by atoms with E-state index in [-0.39, 0.29) is 5.82 Å². The molecule has 1 aromatic carbocycles. The van der Waals surface area contributed by atoms with Crippen molar-refractivity contribution in [2.75, 3.05) is 0 Å². The van der Waals surface area contributed by atoms with Crippen LogP contribution in [0.4, 0.5) is 4.39 Å². The molecule has 0 spiro atoms. The zero-order valence-corrected chi connectivity index (χ0v) is 9.30. The van der Waals surface area contributed by atoms with E-state index >= 15 is 0 Å². The first-order valence-corrected chi connectivity index (χ1v) is 5.72. The Labute approximate surface area is 94.4 Å². The van der Waals surface area contributed by atoms with Crippen molar-refractivity contribution in [3.05, 3.63) is 34.6 Å². The first kappa shape index (κ1) is 10.9. The summed E-state index contributed by atoms with van der Waals surface area (Å²) in [6, 6.07) is 4.88. The maximum Gasteiger partial charge on any atom is 0.123 e. The Balaban J connectivity index is 2.07. The van der Waals surface area contributed by atoms with E-state index in [2.05, 4.69) is 0 Å². The molecule has 1 aliphatic rings. The molecule has 0 bridgehead atoms. The van der Waals surface area contributed by atoms with Gasteiger partial charge in [0.1, 0.15) is 5.82 Å². The van der Waals surface area contributed by atoms with E-state index in [1.54, 1.807) is 6.07 Å². The van der Waals surface area contributed by atoms with Gasteiger partial charge in [-0.1, -0.05) is 11.6 Å². The quantitative estimate of drug-likeness (QED) is 0.825. The van der Waals surface area contributed by atoms with Gasteiger partial charge in [-0.15, -0.1) is 0 Å². The smallest absolute Gasteiger partial charge is 0.123 e. The number of halogens is 2. The first-order chi connectivity index (χ1) is 7.15. The molecule has 1 nitrogen and oxygen atoms in total. The van der Waals surface area contributed by atoms with Gasteiger partial charge in [0.15, 0.2) is 0 Å². The predicted octanol–water partition coefficient (Wildman–Crippen LogP) is 3.15. The SMILES string of the molecule is NC1CCC(Cc2cc(F)ccc2Cl)C1. The van der Waals surface area contributed by atoms with Crippen LogP contribution in [-0.2, 0) is 6.42 Å². The highest BCUT2D eigenvalue weighted by atomic mass is 35.5. The Bertz CT molecular complexity index is 353. The van der Waals surface area contributed by atoms with Gasteiger partial charge in [-0.25, -0.2) is 4.39 Å². The van der Waals surface area contributed by atoms with E-state index in [1.165, 1.54) is 12.1 Å². The lowest BCUT2D eigenvalue weighted by atomic mass is 9.98. The average molecular weight is 228 g/mol. The third kappa shape index (κ3) is 2.70. The van der Waals surface area contributed by atoms with Crippen molar-refractivity contribution < 1.29 is 4.39 Å². The largest absolute Gasteiger partial charge is 0.328 e. The standard InChI is InChI=1S/C12H15ClFN/c13-12-4-2-10(14)7-9(12)5-8-1-3-11(15)6-8/h2,4,7-8,11H,1,3,5-6,15H2. The summed E-state index contributed by atoms with van der Waals surface area (Å²) >= 11 is 6.01. The minimum Gasteiger partial charge on any atom is -0.328 e. The van der Waals surface area contributed by atoms with Gasteiger partial charge in [0.25, 0.3) is 0 Å². The van der Waals surface area contributed by atoms with Gasteiger partial charge in [-0.05, 0) is 55.4 Å². The van der Waals surface area contributed by atoms with Crippen LogP contribution in [-0.4, -0.2) is 6.04 Å². The molecule has 2 unspecified atom stereocenters. The molecule has 1 fully saturated rings. The highest BCUT2D eigenvalue weighted by Crippen LogP contribution is 2.30. The number of hydrogen-bond donors (Lipinski definition) is 1. The van der Waals surface area contributed by atoms with Crippen LogP contribution in [0.15, 0.2) is 18.2 Å². The maximum absolute atomic E-state index is 13.0. The normalized spacial score (nSPS) is 25.8. The number of hydrogen-bond acceptors (Lipinski definition) is 1. The van der Waals surface area contributed by atoms with E-state index in [0.29, 0.717) is 17.0 Å². The second kappa shape index (κ2) is 4.50. The molecule has 1 aromatic rings. The molecule has 0 heterocycles. The molecule has 1 aliphatic carbocycles. The third-order valence-corrected chi connectivity index (χ3v) is 3.47. The zero-order chi connectivity index (χ0) is 10.8. The van der Waals surface area contributed by atoms with Gasteiger partial charge in [-0.2, -0.15) is 0 Å². The molecule has 3 heteroatoms. The van der Waals surface area contributed by atoms with Gasteiger partial charge in [0, 0.05) is 11.1 Å². The Kier molecular flexibility index (Phi) is 3.27. The lowest BCUT2D eigenvalue weighted by Gasteiger charge is -2.10. The Morgan fingerprint density at radius 1 is 1.40 bits per heavy atom. The van der Waals surface area contributed by atoms with E-state index in [4.69, 9.17) is 17.3 Å². The lowest BCUT2D eigenvalue weighted by molar-refractivity contribution is 0.532. The van der Waals surface area contributed by atoms with Crippen LogP contribution in [0.2, 0.25) is 5.02 Å². The second-order valence-electron chi connectivity index (χ2n) is 4.38. The summed E-state index contributed by atoms with van der Waals surface area (Å²) in [7, 11) is 0. The molecule has 82 valence electrons. The summed E-state index contributed by atoms with van der Waals surface area (Å²) in [5.74, 6) is 0.357. The van der Waals surface area contributed by atoms with Crippen LogP contribution in [0.5, 0.6) is 0 Å². The fourth-order valence-electron chi connectivity index (χ4n) is 2.31. The molecule has 0 saturated heterocycles. The fourth-order valence-corrected chi connectivity index (χ4v) is 2.50. The molecule has 2 atom stereocenters. The first-order valence-electron chi connectivity index (χ1n) is 5.34. The van der Waals surface area contributed by atoms with Crippen molar-refractivity contribution in [2.45, 2.75) is 31.7 Å². The van der Waals surface area contributed by atoms with Crippen molar-refractivity contribution in [3.8, 4) is 0 Å². The molecule has 0 aliphatic heterocycles. The molecule has 1 saturated carbocycles. The van der Waals surface area contributed by atoms with Crippen LogP contribution < -0.4 is 5.73 Å². The summed E-state index contributed by atoms with van der Waals surface area (Å²) in [5, 5.41) is 0.664. The topological polar surface area (TPSA) is 26.0 Å². The summed E-state index contributed by atoms with van der Waals surface area (Å²) in [6.07, 6.45) is 4.10. The Morgan fingerprint density at radius 2 is 2.20 bits per heavy atom. The third-order valence-electron chi connectivity index (χ3n) is 3.10. The minimum atomic E-state index is -0.211. The molecule has 2 N–H and O–H groups in total. The molecule has 0 amide bonds. The Hall–Kier alpha value is -0.600.